The van der Waals surface area contributed by atoms with Gasteiger partial charge in [0.25, 0.3) is 11.1 Å². The van der Waals surface area contributed by atoms with Gasteiger partial charge >= 0.3 is 0 Å². The number of aromatic nitrogens is 4. The quantitative estimate of drug-likeness (QED) is 0.427. The Bertz CT molecular complexity index is 1150. The third-order valence-electron chi connectivity index (χ3n) is 3.63. The number of benzene rings is 2. The molecule has 0 radical (unpaired) electrons. The Kier molecular flexibility index (Phi) is 3.43. The molecule has 8 nitrogen and oxygen atoms in total. The Morgan fingerprint density at radius 1 is 0.760 bits per heavy atom. The average molecular weight is 352 g/mol. The molecule has 0 bridgehead atoms. The van der Waals surface area contributed by atoms with Gasteiger partial charge in [0.15, 0.2) is 0 Å². The van der Waals surface area contributed by atoms with Crippen LogP contribution in [0.4, 0.5) is 11.9 Å². The minimum atomic E-state index is -0.292. The molecule has 0 atom stereocenters. The van der Waals surface area contributed by atoms with E-state index in [0.29, 0.717) is 21.8 Å². The first-order valence-corrected chi connectivity index (χ1v) is 8.08. The Balaban J connectivity index is 1.77. The molecule has 2 heterocycles. The molecule has 25 heavy (non-hydrogen) atoms. The number of H-pyrrole nitrogens is 2. The summed E-state index contributed by atoms with van der Waals surface area (Å²) in [4.78, 5) is 38.8. The van der Waals surface area contributed by atoms with Gasteiger partial charge in [0.2, 0.25) is 11.9 Å². The van der Waals surface area contributed by atoms with Gasteiger partial charge in [0, 0.05) is 9.79 Å². The third-order valence-corrected chi connectivity index (χ3v) is 4.61. The summed E-state index contributed by atoms with van der Waals surface area (Å²) in [5.74, 6) is 0.164. The molecule has 0 saturated carbocycles. The maximum atomic E-state index is 12.0. The molecule has 0 aliphatic carbocycles. The molecule has 0 spiro atoms. The van der Waals surface area contributed by atoms with Crippen LogP contribution in [0.15, 0.2) is 55.8 Å². The molecule has 0 aliphatic heterocycles. The lowest BCUT2D eigenvalue weighted by Gasteiger charge is -2.05. The maximum Gasteiger partial charge on any atom is 0.260 e. The molecule has 124 valence electrons. The standard InChI is InChI=1S/C16H12N6O2S/c17-15-19-11-3-1-7(5-9(11)13(23)21-15)25-8-2-4-12-10(6-8)14(24)22-16(18)20-12/h1-6H,(H3,17,19,21,23)(H3,18,20,22,24). The van der Waals surface area contributed by atoms with Crippen molar-refractivity contribution in [3.63, 3.8) is 0 Å². The summed E-state index contributed by atoms with van der Waals surface area (Å²) < 4.78 is 0. The Morgan fingerprint density at radius 3 is 1.64 bits per heavy atom. The van der Waals surface area contributed by atoms with Crippen molar-refractivity contribution in [2.24, 2.45) is 0 Å². The number of hydrogen-bond donors (Lipinski definition) is 4. The van der Waals surface area contributed by atoms with Crippen molar-refractivity contribution < 1.29 is 0 Å². The minimum Gasteiger partial charge on any atom is -0.369 e. The summed E-state index contributed by atoms with van der Waals surface area (Å²) >= 11 is 1.42. The lowest BCUT2D eigenvalue weighted by atomic mass is 10.2. The van der Waals surface area contributed by atoms with E-state index < -0.39 is 0 Å². The highest BCUT2D eigenvalue weighted by molar-refractivity contribution is 7.99. The minimum absolute atomic E-state index is 0.0819. The van der Waals surface area contributed by atoms with E-state index in [9.17, 15) is 9.59 Å². The lowest BCUT2D eigenvalue weighted by Crippen LogP contribution is -2.11. The van der Waals surface area contributed by atoms with Crippen LogP contribution in [-0.2, 0) is 0 Å². The summed E-state index contributed by atoms with van der Waals surface area (Å²) in [7, 11) is 0. The Hall–Kier alpha value is -3.33. The number of nitrogen functional groups attached to an aromatic ring is 2. The second-order valence-electron chi connectivity index (χ2n) is 5.36. The zero-order valence-corrected chi connectivity index (χ0v) is 13.6. The second kappa shape index (κ2) is 5.64. The van der Waals surface area contributed by atoms with Gasteiger partial charge in [-0.2, -0.15) is 0 Å². The van der Waals surface area contributed by atoms with Gasteiger partial charge in [0.05, 0.1) is 21.8 Å². The van der Waals surface area contributed by atoms with E-state index in [2.05, 4.69) is 19.9 Å². The zero-order chi connectivity index (χ0) is 17.6. The van der Waals surface area contributed by atoms with E-state index in [1.54, 1.807) is 24.3 Å². The van der Waals surface area contributed by atoms with E-state index in [1.807, 2.05) is 12.1 Å². The monoisotopic (exact) mass is 352 g/mol. The van der Waals surface area contributed by atoms with Gasteiger partial charge in [-0.25, -0.2) is 9.97 Å². The fourth-order valence-electron chi connectivity index (χ4n) is 2.53. The molecule has 6 N–H and O–H groups in total. The Labute approximate surface area is 144 Å². The number of aromatic amines is 2. The number of anilines is 2. The van der Waals surface area contributed by atoms with E-state index in [4.69, 9.17) is 11.5 Å². The third kappa shape index (κ3) is 2.81. The number of fused-ring (bicyclic) bond motifs is 2. The average Bonchev–Trinajstić information content (AvgIpc) is 2.56. The summed E-state index contributed by atoms with van der Waals surface area (Å²) in [5, 5.41) is 0.902. The summed E-state index contributed by atoms with van der Waals surface area (Å²) in [5.41, 5.74) is 11.6. The molecular formula is C16H12N6O2S. The van der Waals surface area contributed by atoms with E-state index in [0.717, 1.165) is 9.79 Å². The zero-order valence-electron chi connectivity index (χ0n) is 12.7. The van der Waals surface area contributed by atoms with Crippen molar-refractivity contribution in [2.75, 3.05) is 11.5 Å². The smallest absolute Gasteiger partial charge is 0.260 e. The number of rotatable bonds is 2. The van der Waals surface area contributed by atoms with Crippen LogP contribution < -0.4 is 22.6 Å². The number of nitrogens with zero attached hydrogens (tertiary/aromatic N) is 2. The molecule has 2 aromatic heterocycles. The van der Waals surface area contributed by atoms with Crippen molar-refractivity contribution in [1.29, 1.82) is 0 Å². The molecule has 0 saturated heterocycles. The van der Waals surface area contributed by atoms with Gasteiger partial charge in [0.1, 0.15) is 0 Å². The van der Waals surface area contributed by atoms with E-state index in [-0.39, 0.29) is 23.0 Å². The first kappa shape index (κ1) is 15.2. The van der Waals surface area contributed by atoms with Crippen LogP contribution in [0.3, 0.4) is 0 Å². The largest absolute Gasteiger partial charge is 0.369 e. The van der Waals surface area contributed by atoms with Crippen LogP contribution >= 0.6 is 11.8 Å². The Morgan fingerprint density at radius 2 is 1.20 bits per heavy atom. The molecule has 9 heteroatoms. The molecule has 4 rings (SSSR count). The van der Waals surface area contributed by atoms with Crippen molar-refractivity contribution in [2.45, 2.75) is 9.79 Å². The molecule has 0 unspecified atom stereocenters. The van der Waals surface area contributed by atoms with E-state index in [1.165, 1.54) is 11.8 Å². The topological polar surface area (TPSA) is 144 Å². The summed E-state index contributed by atoms with van der Waals surface area (Å²) in [6.45, 7) is 0. The number of nitrogens with one attached hydrogen (secondary N) is 2. The van der Waals surface area contributed by atoms with Crippen molar-refractivity contribution >= 4 is 45.5 Å². The van der Waals surface area contributed by atoms with Gasteiger partial charge in [-0.3, -0.25) is 19.6 Å². The van der Waals surface area contributed by atoms with Gasteiger partial charge < -0.3 is 11.5 Å². The molecular weight excluding hydrogens is 340 g/mol. The summed E-state index contributed by atoms with van der Waals surface area (Å²) in [6.07, 6.45) is 0. The molecule has 2 aromatic carbocycles. The van der Waals surface area contributed by atoms with E-state index >= 15 is 0 Å². The van der Waals surface area contributed by atoms with Crippen LogP contribution in [0.25, 0.3) is 21.8 Å². The molecule has 0 amide bonds. The van der Waals surface area contributed by atoms with Gasteiger partial charge in [-0.1, -0.05) is 11.8 Å². The highest BCUT2D eigenvalue weighted by atomic mass is 32.2. The summed E-state index contributed by atoms with van der Waals surface area (Å²) in [6, 6.07) is 10.6. The van der Waals surface area contributed by atoms with Crippen molar-refractivity contribution in [3.05, 3.63) is 57.1 Å². The number of hydrogen-bond acceptors (Lipinski definition) is 7. The van der Waals surface area contributed by atoms with Gasteiger partial charge in [-0.15, -0.1) is 0 Å². The fourth-order valence-corrected chi connectivity index (χ4v) is 3.43. The normalized spacial score (nSPS) is 11.2. The van der Waals surface area contributed by atoms with Crippen LogP contribution in [0, 0.1) is 0 Å². The van der Waals surface area contributed by atoms with Crippen LogP contribution in [0.5, 0.6) is 0 Å². The molecule has 4 aromatic rings. The first-order valence-electron chi connectivity index (χ1n) is 7.26. The first-order chi connectivity index (χ1) is 12.0. The van der Waals surface area contributed by atoms with Crippen LogP contribution in [-0.4, -0.2) is 19.9 Å². The highest BCUT2D eigenvalue weighted by Crippen LogP contribution is 2.30. The van der Waals surface area contributed by atoms with Crippen LogP contribution in [0.1, 0.15) is 0 Å². The van der Waals surface area contributed by atoms with Crippen LogP contribution in [0.2, 0.25) is 0 Å². The molecule has 0 fully saturated rings. The fraction of sp³-hybridized carbons (Fsp3) is 0. The maximum absolute atomic E-state index is 12.0. The lowest BCUT2D eigenvalue weighted by molar-refractivity contribution is 1.18. The SMILES string of the molecule is Nc1nc2ccc(Sc3ccc4nc(N)[nH]c(=O)c4c3)cc2c(=O)[nH]1. The highest BCUT2D eigenvalue weighted by Gasteiger charge is 2.07. The number of nitrogens with two attached hydrogens (primary N) is 2. The predicted octanol–water partition coefficient (Wildman–Crippen LogP) is 1.48. The van der Waals surface area contributed by atoms with Crippen molar-refractivity contribution in [1.82, 2.24) is 19.9 Å². The second-order valence-corrected chi connectivity index (χ2v) is 6.51. The van der Waals surface area contributed by atoms with Gasteiger partial charge in [-0.05, 0) is 36.4 Å². The predicted molar refractivity (Wildman–Crippen MR) is 97.7 cm³/mol. The molecule has 0 aliphatic rings. The van der Waals surface area contributed by atoms with Crippen molar-refractivity contribution in [3.8, 4) is 0 Å².